The number of hydrogen-bond acceptors (Lipinski definition) is 1. The molecule has 0 aliphatic rings. The van der Waals surface area contributed by atoms with Crippen molar-refractivity contribution >= 4 is 0 Å². The van der Waals surface area contributed by atoms with Gasteiger partial charge in [0.25, 0.3) is 0 Å². The van der Waals surface area contributed by atoms with Crippen molar-refractivity contribution < 1.29 is 9.50 Å². The molecule has 0 aliphatic heterocycles. The van der Waals surface area contributed by atoms with Gasteiger partial charge >= 0.3 is 0 Å². The first-order valence-electron chi connectivity index (χ1n) is 2.60. The minimum absolute atomic E-state index is 0.0976. The van der Waals surface area contributed by atoms with Crippen LogP contribution in [0.15, 0.2) is 18.2 Å². The maximum absolute atomic E-state index is 12.4. The Hall–Kier alpha value is -1.56. The summed E-state index contributed by atoms with van der Waals surface area (Å²) in [6.45, 7) is 0. The van der Waals surface area contributed by atoms with Crippen molar-refractivity contribution in [2.24, 2.45) is 0 Å². The van der Waals surface area contributed by atoms with Crippen LogP contribution in [0.2, 0.25) is 0 Å². The minimum atomic E-state index is -0.755. The monoisotopic (exact) mass is 136 g/mol. The Labute approximate surface area is 57.1 Å². The molecule has 10 heavy (non-hydrogen) atoms. The van der Waals surface area contributed by atoms with E-state index in [1.807, 2.05) is 0 Å². The molecule has 0 atom stereocenters. The van der Waals surface area contributed by atoms with E-state index in [4.69, 9.17) is 5.26 Å². The van der Waals surface area contributed by atoms with Gasteiger partial charge < -0.3 is 0 Å². The van der Waals surface area contributed by atoms with Gasteiger partial charge in [0.2, 0.25) is 0 Å². The zero-order valence-electron chi connectivity index (χ0n) is 4.97. The molecule has 1 radical (unpaired) electrons. The Kier molecular flexibility index (Phi) is 1.55. The highest BCUT2D eigenvalue weighted by Crippen LogP contribution is 2.14. The quantitative estimate of drug-likeness (QED) is 0.536. The average Bonchev–Trinajstić information content (AvgIpc) is 1.88. The van der Waals surface area contributed by atoms with E-state index in [2.05, 4.69) is 0 Å². The van der Waals surface area contributed by atoms with Crippen LogP contribution in [0, 0.1) is 17.1 Å². The fraction of sp³-hybridized carbons (Fsp3) is 0. The van der Waals surface area contributed by atoms with Gasteiger partial charge in [-0.25, -0.2) is 4.39 Å². The van der Waals surface area contributed by atoms with Gasteiger partial charge in [-0.1, -0.05) is 0 Å². The lowest BCUT2D eigenvalue weighted by atomic mass is 10.2. The number of rotatable bonds is 0. The molecule has 0 aromatic heterocycles. The summed E-state index contributed by atoms with van der Waals surface area (Å²) in [4.78, 5) is 0. The van der Waals surface area contributed by atoms with Crippen LogP contribution in [-0.2, 0) is 5.11 Å². The van der Waals surface area contributed by atoms with E-state index in [1.165, 1.54) is 0 Å². The van der Waals surface area contributed by atoms with E-state index in [9.17, 15) is 9.50 Å². The third-order valence-corrected chi connectivity index (χ3v) is 1.06. The van der Waals surface area contributed by atoms with Crippen molar-refractivity contribution in [3.8, 4) is 11.8 Å². The highest BCUT2D eigenvalue weighted by Gasteiger charge is 2.00. The molecule has 0 heterocycles. The number of hydrogen-bond donors (Lipinski definition) is 0. The lowest BCUT2D eigenvalue weighted by Gasteiger charge is -1.89. The molecular formula is C7H3FNO. The summed E-state index contributed by atoms with van der Waals surface area (Å²) in [7, 11) is 0. The second kappa shape index (κ2) is 2.36. The van der Waals surface area contributed by atoms with Crippen molar-refractivity contribution in [2.45, 2.75) is 0 Å². The molecule has 0 unspecified atom stereocenters. The number of benzene rings is 1. The smallest absolute Gasteiger partial charge is 0.181 e. The van der Waals surface area contributed by atoms with E-state index < -0.39 is 11.6 Å². The van der Waals surface area contributed by atoms with Crippen molar-refractivity contribution in [3.05, 3.63) is 29.6 Å². The molecule has 0 aliphatic carbocycles. The molecule has 0 saturated carbocycles. The van der Waals surface area contributed by atoms with Gasteiger partial charge in [0, 0.05) is 6.07 Å². The predicted octanol–water partition coefficient (Wildman–Crippen LogP) is 1.84. The molecule has 3 heteroatoms. The van der Waals surface area contributed by atoms with Crippen molar-refractivity contribution in [1.29, 1.82) is 5.26 Å². The standard InChI is InChI=1S/C7H3FNO/c8-7-3-6(10)2-1-5(7)4-9/h1-3H. The Morgan fingerprint density at radius 2 is 2.20 bits per heavy atom. The first-order chi connectivity index (χ1) is 4.74. The Bertz CT molecular complexity index is 290. The highest BCUT2D eigenvalue weighted by molar-refractivity contribution is 5.35. The molecule has 0 fully saturated rings. The maximum atomic E-state index is 12.4. The molecule has 0 N–H and O–H groups in total. The number of halogens is 1. The van der Waals surface area contributed by atoms with Crippen LogP contribution < -0.4 is 0 Å². The van der Waals surface area contributed by atoms with Crippen LogP contribution in [0.5, 0.6) is 5.75 Å². The van der Waals surface area contributed by atoms with Crippen LogP contribution in [0.25, 0.3) is 0 Å². The van der Waals surface area contributed by atoms with Crippen LogP contribution in [0.4, 0.5) is 4.39 Å². The van der Waals surface area contributed by atoms with Crippen molar-refractivity contribution in [2.75, 3.05) is 0 Å². The number of nitriles is 1. The van der Waals surface area contributed by atoms with E-state index in [-0.39, 0.29) is 5.56 Å². The van der Waals surface area contributed by atoms with Gasteiger partial charge in [0.1, 0.15) is 11.9 Å². The molecule has 2 nitrogen and oxygen atoms in total. The molecule has 0 bridgehead atoms. The Morgan fingerprint density at radius 3 is 2.70 bits per heavy atom. The summed E-state index contributed by atoms with van der Waals surface area (Å²) in [5.74, 6) is -1.17. The van der Waals surface area contributed by atoms with Gasteiger partial charge in [0.15, 0.2) is 5.75 Å². The largest absolute Gasteiger partial charge is 0.290 e. The SMILES string of the molecule is N#Cc1ccc([O])cc1F. The average molecular weight is 136 g/mol. The van der Waals surface area contributed by atoms with Crippen LogP contribution >= 0.6 is 0 Å². The topological polar surface area (TPSA) is 43.7 Å². The van der Waals surface area contributed by atoms with Crippen LogP contribution in [-0.4, -0.2) is 0 Å². The lowest BCUT2D eigenvalue weighted by Crippen LogP contribution is -1.79. The Balaban J connectivity index is 3.23. The fourth-order valence-electron chi connectivity index (χ4n) is 0.587. The first-order valence-corrected chi connectivity index (χ1v) is 2.60. The molecule has 0 saturated heterocycles. The van der Waals surface area contributed by atoms with Crippen LogP contribution in [0.3, 0.4) is 0 Å². The van der Waals surface area contributed by atoms with Crippen molar-refractivity contribution in [3.63, 3.8) is 0 Å². The summed E-state index contributed by atoms with van der Waals surface area (Å²) in [6.07, 6.45) is 0. The molecule has 0 spiro atoms. The zero-order chi connectivity index (χ0) is 7.56. The van der Waals surface area contributed by atoms with E-state index in [1.54, 1.807) is 6.07 Å². The summed E-state index contributed by atoms with van der Waals surface area (Å²) in [5, 5.41) is 18.6. The minimum Gasteiger partial charge on any atom is -0.290 e. The lowest BCUT2D eigenvalue weighted by molar-refractivity contribution is 0.352. The van der Waals surface area contributed by atoms with E-state index in [0.717, 1.165) is 18.2 Å². The van der Waals surface area contributed by atoms with E-state index in [0.29, 0.717) is 0 Å². The van der Waals surface area contributed by atoms with E-state index >= 15 is 0 Å². The third-order valence-electron chi connectivity index (χ3n) is 1.06. The molecule has 1 aromatic rings. The second-order valence-electron chi connectivity index (χ2n) is 1.75. The zero-order valence-corrected chi connectivity index (χ0v) is 4.97. The molecule has 0 amide bonds. The fourth-order valence-corrected chi connectivity index (χ4v) is 0.587. The Morgan fingerprint density at radius 1 is 1.50 bits per heavy atom. The number of nitrogens with zero attached hydrogens (tertiary/aromatic N) is 1. The highest BCUT2D eigenvalue weighted by atomic mass is 19.1. The van der Waals surface area contributed by atoms with Gasteiger partial charge in [-0.05, 0) is 12.1 Å². The molecule has 49 valence electrons. The van der Waals surface area contributed by atoms with Crippen LogP contribution in [0.1, 0.15) is 5.56 Å². The summed E-state index contributed by atoms with van der Waals surface area (Å²) >= 11 is 0. The van der Waals surface area contributed by atoms with Gasteiger partial charge in [-0.15, -0.1) is 0 Å². The predicted molar refractivity (Wildman–Crippen MR) is 31.2 cm³/mol. The molecule has 1 aromatic carbocycles. The first kappa shape index (κ1) is 6.56. The second-order valence-corrected chi connectivity index (χ2v) is 1.75. The maximum Gasteiger partial charge on any atom is 0.181 e. The van der Waals surface area contributed by atoms with Crippen molar-refractivity contribution in [1.82, 2.24) is 0 Å². The summed E-state index contributed by atoms with van der Waals surface area (Å²) < 4.78 is 12.4. The summed E-state index contributed by atoms with van der Waals surface area (Å²) in [5.41, 5.74) is -0.0976. The van der Waals surface area contributed by atoms with Gasteiger partial charge in [-0.2, -0.15) is 5.26 Å². The van der Waals surface area contributed by atoms with Gasteiger partial charge in [-0.3, -0.25) is 5.11 Å². The molecule has 1 rings (SSSR count). The third kappa shape index (κ3) is 1.06. The summed E-state index contributed by atoms with van der Waals surface area (Å²) in [6, 6.07) is 4.72. The van der Waals surface area contributed by atoms with Gasteiger partial charge in [0.05, 0.1) is 5.56 Å². The normalized spacial score (nSPS) is 8.80. The molecular weight excluding hydrogens is 133 g/mol.